The van der Waals surface area contributed by atoms with Crippen LogP contribution >= 0.6 is 11.3 Å². The second kappa shape index (κ2) is 6.01. The second-order valence-corrected chi connectivity index (χ2v) is 8.23. The first-order chi connectivity index (χ1) is 11.5. The van der Waals surface area contributed by atoms with Gasteiger partial charge in [-0.25, -0.2) is 4.98 Å². The summed E-state index contributed by atoms with van der Waals surface area (Å²) in [5, 5.41) is 4.29. The van der Waals surface area contributed by atoms with E-state index < -0.39 is 0 Å². The molecule has 0 unspecified atom stereocenters. The Morgan fingerprint density at radius 3 is 2.88 bits per heavy atom. The molecule has 0 N–H and O–H groups in total. The molecule has 0 aromatic carbocycles. The highest BCUT2D eigenvalue weighted by Crippen LogP contribution is 2.35. The lowest BCUT2D eigenvalue weighted by molar-refractivity contribution is 0.199. The van der Waals surface area contributed by atoms with Crippen LogP contribution in [0.2, 0.25) is 0 Å². The number of hydrogen-bond donors (Lipinski definition) is 0. The molecule has 6 heteroatoms. The van der Waals surface area contributed by atoms with Crippen molar-refractivity contribution in [1.29, 1.82) is 0 Å². The average Bonchev–Trinajstić information content (AvgIpc) is 3.18. The van der Waals surface area contributed by atoms with Crippen molar-refractivity contribution >= 4 is 16.2 Å². The van der Waals surface area contributed by atoms with Gasteiger partial charge in [-0.3, -0.25) is 14.0 Å². The van der Waals surface area contributed by atoms with Crippen LogP contribution in [0, 0.1) is 20.8 Å². The first-order valence-electron chi connectivity index (χ1n) is 8.67. The molecule has 4 rings (SSSR count). The van der Waals surface area contributed by atoms with Crippen LogP contribution in [0.4, 0.5) is 0 Å². The van der Waals surface area contributed by atoms with E-state index in [9.17, 15) is 0 Å². The van der Waals surface area contributed by atoms with Crippen LogP contribution in [0.3, 0.4) is 0 Å². The Bertz CT molecular complexity index is 872. The predicted molar refractivity (Wildman–Crippen MR) is 97.7 cm³/mol. The standard InChI is InChI=1S/C18H25N5S/c1-12-13(2)24-18-17(20-14(3)23(12)18)16-6-5-7-22(11-16)10-15-8-19-21(4)9-15/h8-9,16H,5-7,10-11H2,1-4H3/t16-/m0/s1. The minimum absolute atomic E-state index is 0.538. The Morgan fingerprint density at radius 2 is 2.12 bits per heavy atom. The highest BCUT2D eigenvalue weighted by atomic mass is 32.1. The van der Waals surface area contributed by atoms with Gasteiger partial charge in [-0.05, 0) is 40.2 Å². The van der Waals surface area contributed by atoms with E-state index in [2.05, 4.69) is 41.4 Å². The van der Waals surface area contributed by atoms with Gasteiger partial charge in [0.25, 0.3) is 0 Å². The number of aromatic nitrogens is 4. The van der Waals surface area contributed by atoms with Gasteiger partial charge in [-0.2, -0.15) is 5.10 Å². The minimum atomic E-state index is 0.538. The van der Waals surface area contributed by atoms with Crippen LogP contribution in [0.25, 0.3) is 4.83 Å². The van der Waals surface area contributed by atoms with Crippen LogP contribution in [0.5, 0.6) is 0 Å². The Hall–Kier alpha value is -1.66. The normalized spacial score (nSPS) is 19.4. The van der Waals surface area contributed by atoms with Gasteiger partial charge in [-0.15, -0.1) is 11.3 Å². The van der Waals surface area contributed by atoms with E-state index in [-0.39, 0.29) is 0 Å². The van der Waals surface area contributed by atoms with Crippen molar-refractivity contribution in [2.75, 3.05) is 13.1 Å². The molecule has 3 aromatic heterocycles. The molecule has 0 spiro atoms. The van der Waals surface area contributed by atoms with Gasteiger partial charge in [0.1, 0.15) is 10.7 Å². The number of nitrogens with zero attached hydrogens (tertiary/aromatic N) is 5. The van der Waals surface area contributed by atoms with Gasteiger partial charge < -0.3 is 0 Å². The maximum Gasteiger partial charge on any atom is 0.123 e. The van der Waals surface area contributed by atoms with E-state index in [1.807, 2.05) is 29.3 Å². The van der Waals surface area contributed by atoms with E-state index in [0.717, 1.165) is 18.9 Å². The summed E-state index contributed by atoms with van der Waals surface area (Å²) < 4.78 is 4.23. The monoisotopic (exact) mass is 343 g/mol. The number of aryl methyl sites for hydroxylation is 4. The fourth-order valence-electron chi connectivity index (χ4n) is 3.90. The summed E-state index contributed by atoms with van der Waals surface area (Å²) in [4.78, 5) is 10.3. The number of hydrogen-bond acceptors (Lipinski definition) is 4. The van der Waals surface area contributed by atoms with Gasteiger partial charge in [0.2, 0.25) is 0 Å². The molecule has 1 aliphatic heterocycles. The Kier molecular flexibility index (Phi) is 3.96. The van der Waals surface area contributed by atoms with Crippen molar-refractivity contribution in [3.05, 3.63) is 40.0 Å². The summed E-state index contributed by atoms with van der Waals surface area (Å²) in [6, 6.07) is 0. The summed E-state index contributed by atoms with van der Waals surface area (Å²) in [6.45, 7) is 9.80. The number of rotatable bonds is 3. The Labute approximate surface area is 146 Å². The molecule has 0 amide bonds. The lowest BCUT2D eigenvalue weighted by atomic mass is 9.95. The second-order valence-electron chi connectivity index (χ2n) is 7.02. The van der Waals surface area contributed by atoms with Crippen molar-refractivity contribution in [2.24, 2.45) is 7.05 Å². The summed E-state index contributed by atoms with van der Waals surface area (Å²) in [5.74, 6) is 1.67. The van der Waals surface area contributed by atoms with Gasteiger partial charge >= 0.3 is 0 Å². The lowest BCUT2D eigenvalue weighted by Gasteiger charge is -2.31. The minimum Gasteiger partial charge on any atom is -0.298 e. The number of thiazole rings is 1. The van der Waals surface area contributed by atoms with Crippen LogP contribution < -0.4 is 0 Å². The molecule has 0 bridgehead atoms. The first kappa shape index (κ1) is 15.8. The van der Waals surface area contributed by atoms with Crippen LogP contribution in [-0.2, 0) is 13.6 Å². The smallest absolute Gasteiger partial charge is 0.123 e. The van der Waals surface area contributed by atoms with Crippen LogP contribution in [0.1, 0.15) is 46.4 Å². The van der Waals surface area contributed by atoms with Crippen molar-refractivity contribution < 1.29 is 0 Å². The van der Waals surface area contributed by atoms with Gasteiger partial charge in [0, 0.05) is 48.4 Å². The zero-order valence-electron chi connectivity index (χ0n) is 14.9. The SMILES string of the molecule is Cc1sc2c([C@H]3CCCN(Cc4cnn(C)c4)C3)nc(C)n2c1C. The van der Waals surface area contributed by atoms with Crippen LogP contribution in [-0.4, -0.2) is 37.2 Å². The molecule has 4 heterocycles. The number of imidazole rings is 1. The summed E-state index contributed by atoms with van der Waals surface area (Å²) in [7, 11) is 1.98. The molecule has 24 heavy (non-hydrogen) atoms. The first-order valence-corrected chi connectivity index (χ1v) is 9.49. The van der Waals surface area contributed by atoms with E-state index in [4.69, 9.17) is 4.98 Å². The molecule has 1 atom stereocenters. The number of piperidine rings is 1. The van der Waals surface area contributed by atoms with Crippen molar-refractivity contribution in [3.8, 4) is 0 Å². The molecule has 5 nitrogen and oxygen atoms in total. The maximum absolute atomic E-state index is 4.95. The highest BCUT2D eigenvalue weighted by Gasteiger charge is 2.27. The summed E-state index contributed by atoms with van der Waals surface area (Å²) in [5.41, 5.74) is 3.95. The summed E-state index contributed by atoms with van der Waals surface area (Å²) in [6.07, 6.45) is 6.58. The van der Waals surface area contributed by atoms with E-state index in [1.165, 1.54) is 46.0 Å². The van der Waals surface area contributed by atoms with Crippen molar-refractivity contribution in [3.63, 3.8) is 0 Å². The fourth-order valence-corrected chi connectivity index (χ4v) is 5.11. The zero-order chi connectivity index (χ0) is 16.8. The molecule has 1 fully saturated rings. The van der Waals surface area contributed by atoms with Gasteiger partial charge in [-0.1, -0.05) is 0 Å². The molecule has 1 saturated heterocycles. The number of likely N-dealkylation sites (tertiary alicyclic amines) is 1. The number of fused-ring (bicyclic) bond motifs is 1. The molecular formula is C18H25N5S. The Balaban J connectivity index is 1.59. The average molecular weight is 344 g/mol. The lowest BCUT2D eigenvalue weighted by Crippen LogP contribution is -2.34. The van der Waals surface area contributed by atoms with E-state index >= 15 is 0 Å². The van der Waals surface area contributed by atoms with Gasteiger partial charge in [0.05, 0.1) is 11.9 Å². The molecule has 3 aromatic rings. The zero-order valence-corrected chi connectivity index (χ0v) is 15.7. The predicted octanol–water partition coefficient (Wildman–Crippen LogP) is 3.43. The van der Waals surface area contributed by atoms with Crippen molar-refractivity contribution in [2.45, 2.75) is 46.1 Å². The van der Waals surface area contributed by atoms with Gasteiger partial charge in [0.15, 0.2) is 0 Å². The largest absolute Gasteiger partial charge is 0.298 e. The van der Waals surface area contributed by atoms with Crippen LogP contribution in [0.15, 0.2) is 12.4 Å². The van der Waals surface area contributed by atoms with E-state index in [0.29, 0.717) is 5.92 Å². The third kappa shape index (κ3) is 2.67. The van der Waals surface area contributed by atoms with Crippen molar-refractivity contribution in [1.82, 2.24) is 24.1 Å². The summed E-state index contributed by atoms with van der Waals surface area (Å²) >= 11 is 1.90. The Morgan fingerprint density at radius 1 is 1.29 bits per heavy atom. The topological polar surface area (TPSA) is 38.4 Å². The maximum atomic E-state index is 4.95. The molecule has 0 saturated carbocycles. The quantitative estimate of drug-likeness (QED) is 0.731. The highest BCUT2D eigenvalue weighted by molar-refractivity contribution is 7.17. The third-order valence-corrected chi connectivity index (χ3v) is 6.37. The third-order valence-electron chi connectivity index (χ3n) is 5.18. The molecular weight excluding hydrogens is 318 g/mol. The molecule has 1 aliphatic rings. The molecule has 0 radical (unpaired) electrons. The fraction of sp³-hybridized carbons (Fsp3) is 0.556. The van der Waals surface area contributed by atoms with E-state index in [1.54, 1.807) is 0 Å². The molecule has 128 valence electrons. The molecule has 0 aliphatic carbocycles.